The average Bonchev–Trinajstić information content (AvgIpc) is 2.81. The van der Waals surface area contributed by atoms with Crippen LogP contribution in [0.4, 0.5) is 4.79 Å². The second-order valence-electron chi connectivity index (χ2n) is 9.24. The van der Waals surface area contributed by atoms with Crippen LogP contribution in [-0.4, -0.2) is 42.8 Å². The molecule has 192 valence electrons. The van der Waals surface area contributed by atoms with Crippen molar-refractivity contribution in [2.75, 3.05) is 13.2 Å². The highest BCUT2D eigenvalue weighted by molar-refractivity contribution is 5.86. The van der Waals surface area contributed by atoms with Crippen LogP contribution in [0, 0.1) is 11.3 Å². The largest absolute Gasteiger partial charge is 0.546 e. The number of carbonyl (C=O) groups is 3. The number of alkyl carbamates (subject to hydrolysis) is 1. The summed E-state index contributed by atoms with van der Waals surface area (Å²) < 4.78 is 10.4. The summed E-state index contributed by atoms with van der Waals surface area (Å²) in [6, 6.07) is 15.6. The Morgan fingerprint density at radius 3 is 2.42 bits per heavy atom. The first kappa shape index (κ1) is 28.2. The molecule has 1 atom stereocenters. The van der Waals surface area contributed by atoms with Crippen LogP contribution in [-0.2, 0) is 27.2 Å². The van der Waals surface area contributed by atoms with Crippen molar-refractivity contribution in [3.05, 3.63) is 65.2 Å². The number of nitriles is 1. The molecule has 0 radical (unpaired) electrons. The Hall–Kier alpha value is -4.06. The van der Waals surface area contributed by atoms with E-state index in [2.05, 4.69) is 22.8 Å². The van der Waals surface area contributed by atoms with Gasteiger partial charge in [-0.15, -0.1) is 0 Å². The second kappa shape index (κ2) is 13.7. The lowest BCUT2D eigenvalue weighted by atomic mass is 10.0. The van der Waals surface area contributed by atoms with E-state index in [4.69, 9.17) is 9.47 Å². The minimum absolute atomic E-state index is 0.0878. The predicted molar refractivity (Wildman–Crippen MR) is 131 cm³/mol. The number of benzene rings is 2. The molecule has 9 nitrogen and oxygen atoms in total. The molecule has 0 bridgehead atoms. The molecule has 0 aromatic heterocycles. The number of nitrogens with zero attached hydrogens (tertiary/aromatic N) is 1. The van der Waals surface area contributed by atoms with Gasteiger partial charge < -0.3 is 30.0 Å². The Labute approximate surface area is 211 Å². The van der Waals surface area contributed by atoms with E-state index in [1.165, 1.54) is 17.7 Å². The van der Waals surface area contributed by atoms with Crippen molar-refractivity contribution in [1.29, 1.82) is 5.26 Å². The summed E-state index contributed by atoms with van der Waals surface area (Å²) in [5.74, 6) is -1.70. The summed E-state index contributed by atoms with van der Waals surface area (Å²) in [6.07, 6.45) is 1.92. The van der Waals surface area contributed by atoms with Crippen molar-refractivity contribution >= 4 is 18.0 Å². The molecule has 0 heterocycles. The molecular weight excluding hydrogens is 462 g/mol. The highest BCUT2D eigenvalue weighted by Gasteiger charge is 2.25. The maximum Gasteiger partial charge on any atom is 0.408 e. The highest BCUT2D eigenvalue weighted by Crippen LogP contribution is 2.20. The van der Waals surface area contributed by atoms with Crippen LogP contribution >= 0.6 is 0 Å². The van der Waals surface area contributed by atoms with Gasteiger partial charge >= 0.3 is 6.09 Å². The number of amides is 2. The van der Waals surface area contributed by atoms with Gasteiger partial charge in [-0.05, 0) is 63.3 Å². The Morgan fingerprint density at radius 2 is 1.78 bits per heavy atom. The molecule has 0 saturated heterocycles. The maximum absolute atomic E-state index is 12.9. The van der Waals surface area contributed by atoms with Crippen LogP contribution in [0.2, 0.25) is 0 Å². The Bertz CT molecular complexity index is 1070. The van der Waals surface area contributed by atoms with Crippen molar-refractivity contribution in [1.82, 2.24) is 10.6 Å². The second-order valence-corrected chi connectivity index (χ2v) is 9.24. The van der Waals surface area contributed by atoms with Gasteiger partial charge in [-0.1, -0.05) is 36.4 Å². The lowest BCUT2D eigenvalue weighted by Gasteiger charge is -2.23. The van der Waals surface area contributed by atoms with E-state index in [-0.39, 0.29) is 23.6 Å². The van der Waals surface area contributed by atoms with E-state index in [1.54, 1.807) is 26.8 Å². The smallest absolute Gasteiger partial charge is 0.408 e. The van der Waals surface area contributed by atoms with Gasteiger partial charge in [0.15, 0.2) is 0 Å². The van der Waals surface area contributed by atoms with Crippen molar-refractivity contribution in [2.45, 2.75) is 58.1 Å². The molecule has 0 aliphatic rings. The molecule has 0 spiro atoms. The van der Waals surface area contributed by atoms with E-state index in [9.17, 15) is 24.8 Å². The number of nitrogens with one attached hydrogen (secondary N) is 2. The Kier molecular flexibility index (Phi) is 10.7. The number of unbranched alkanes of at least 4 members (excludes halogenated alkanes) is 1. The van der Waals surface area contributed by atoms with E-state index in [0.717, 1.165) is 19.3 Å². The zero-order valence-electron chi connectivity index (χ0n) is 20.8. The summed E-state index contributed by atoms with van der Waals surface area (Å²) in [7, 11) is 0. The van der Waals surface area contributed by atoms with Crippen LogP contribution in [0.1, 0.15) is 50.3 Å². The Morgan fingerprint density at radius 1 is 1.06 bits per heavy atom. The van der Waals surface area contributed by atoms with Crippen LogP contribution in [0.15, 0.2) is 48.5 Å². The number of rotatable bonds is 12. The lowest BCUT2D eigenvalue weighted by Crippen LogP contribution is -2.49. The van der Waals surface area contributed by atoms with Crippen molar-refractivity contribution in [2.24, 2.45) is 0 Å². The predicted octanol–water partition coefficient (Wildman–Crippen LogP) is 2.26. The average molecular weight is 495 g/mol. The first-order valence-corrected chi connectivity index (χ1v) is 11.7. The van der Waals surface area contributed by atoms with Crippen LogP contribution in [0.3, 0.4) is 0 Å². The number of hydrogen-bond acceptors (Lipinski definition) is 7. The summed E-state index contributed by atoms with van der Waals surface area (Å²) in [5.41, 5.74) is 1.17. The molecule has 0 saturated carbocycles. The quantitative estimate of drug-likeness (QED) is 0.431. The SMILES string of the molecule is CC(C)(C)OC(=O)NC(Cc1ccc(OCC(=O)[O-])c(C#N)c1)C(=O)NCCCCc1ccccc1. The summed E-state index contributed by atoms with van der Waals surface area (Å²) in [6.45, 7) is 4.91. The van der Waals surface area contributed by atoms with Crippen molar-refractivity contribution < 1.29 is 29.0 Å². The van der Waals surface area contributed by atoms with Gasteiger partial charge in [0.05, 0.1) is 11.5 Å². The van der Waals surface area contributed by atoms with Crippen LogP contribution in [0.5, 0.6) is 5.75 Å². The molecule has 2 aromatic carbocycles. The van der Waals surface area contributed by atoms with E-state index in [0.29, 0.717) is 12.1 Å². The molecule has 9 heteroatoms. The third-order valence-corrected chi connectivity index (χ3v) is 4.99. The monoisotopic (exact) mass is 494 g/mol. The number of carboxylic acid groups (broad SMARTS) is 1. The van der Waals surface area contributed by atoms with E-state index < -0.39 is 30.3 Å². The molecule has 0 aliphatic heterocycles. The van der Waals surface area contributed by atoms with Gasteiger partial charge in [-0.3, -0.25) is 4.79 Å². The van der Waals surface area contributed by atoms with Crippen LogP contribution < -0.4 is 20.5 Å². The zero-order valence-corrected chi connectivity index (χ0v) is 20.8. The number of carboxylic acids is 1. The third kappa shape index (κ3) is 10.5. The normalized spacial score (nSPS) is 11.6. The minimum Gasteiger partial charge on any atom is -0.546 e. The Balaban J connectivity index is 2.03. The zero-order chi connectivity index (χ0) is 26.6. The number of hydrogen-bond donors (Lipinski definition) is 2. The number of ether oxygens (including phenoxy) is 2. The summed E-state index contributed by atoms with van der Waals surface area (Å²) in [5, 5.41) is 25.5. The summed E-state index contributed by atoms with van der Waals surface area (Å²) in [4.78, 5) is 36.0. The maximum atomic E-state index is 12.9. The minimum atomic E-state index is -1.41. The fraction of sp³-hybridized carbons (Fsp3) is 0.407. The van der Waals surface area contributed by atoms with E-state index >= 15 is 0 Å². The van der Waals surface area contributed by atoms with Crippen molar-refractivity contribution in [3.63, 3.8) is 0 Å². The third-order valence-electron chi connectivity index (χ3n) is 4.99. The van der Waals surface area contributed by atoms with Gasteiger partial charge in [0, 0.05) is 13.0 Å². The molecule has 2 rings (SSSR count). The standard InChI is InChI=1S/C27H33N3O6/c1-27(2,3)36-26(34)30-22(25(33)29-14-8-7-11-19-9-5-4-6-10-19)16-20-12-13-23(21(15-20)17-28)35-18-24(31)32/h4-6,9-10,12-13,15,22H,7-8,11,14,16,18H2,1-3H3,(H,29,33)(H,30,34)(H,31,32)/p-1. The summed E-state index contributed by atoms with van der Waals surface area (Å²) >= 11 is 0. The molecular formula is C27H32N3O6-. The van der Waals surface area contributed by atoms with Gasteiger partial charge in [0.25, 0.3) is 0 Å². The fourth-order valence-electron chi connectivity index (χ4n) is 3.38. The van der Waals surface area contributed by atoms with Crippen LogP contribution in [0.25, 0.3) is 0 Å². The van der Waals surface area contributed by atoms with Crippen molar-refractivity contribution in [3.8, 4) is 11.8 Å². The molecule has 0 aliphatic carbocycles. The van der Waals surface area contributed by atoms with Gasteiger partial charge in [0.1, 0.15) is 30.1 Å². The fourth-order valence-corrected chi connectivity index (χ4v) is 3.38. The first-order chi connectivity index (χ1) is 17.1. The number of aliphatic carboxylic acids is 1. The molecule has 2 aromatic rings. The molecule has 0 fully saturated rings. The molecule has 2 N–H and O–H groups in total. The molecule has 36 heavy (non-hydrogen) atoms. The lowest BCUT2D eigenvalue weighted by molar-refractivity contribution is -0.307. The first-order valence-electron chi connectivity index (χ1n) is 11.7. The molecule has 1 unspecified atom stereocenters. The number of aryl methyl sites for hydroxylation is 1. The highest BCUT2D eigenvalue weighted by atomic mass is 16.6. The topological polar surface area (TPSA) is 141 Å². The van der Waals surface area contributed by atoms with Gasteiger partial charge in [0.2, 0.25) is 5.91 Å². The molecule has 2 amide bonds. The van der Waals surface area contributed by atoms with Gasteiger partial charge in [-0.25, -0.2) is 4.79 Å². The van der Waals surface area contributed by atoms with Gasteiger partial charge in [-0.2, -0.15) is 5.26 Å². The van der Waals surface area contributed by atoms with E-state index in [1.807, 2.05) is 24.3 Å². The number of carbonyl (C=O) groups excluding carboxylic acids is 3.